The van der Waals surface area contributed by atoms with Gasteiger partial charge in [0.15, 0.2) is 0 Å². The molecular formula is C15H19N5O2S. The Hall–Kier alpha value is -1.90. The van der Waals surface area contributed by atoms with Crippen molar-refractivity contribution < 1.29 is 9.90 Å². The van der Waals surface area contributed by atoms with Gasteiger partial charge in [0.05, 0.1) is 18.5 Å². The van der Waals surface area contributed by atoms with Crippen LogP contribution in [0.4, 0.5) is 0 Å². The molecular weight excluding hydrogens is 314 g/mol. The number of aliphatic hydroxyl groups excluding tert-OH is 1. The summed E-state index contributed by atoms with van der Waals surface area (Å²) in [5.74, 6) is 0.00865. The second-order valence-electron chi connectivity index (χ2n) is 5.56. The van der Waals surface area contributed by atoms with Crippen molar-refractivity contribution >= 4 is 17.2 Å². The first-order chi connectivity index (χ1) is 11.1. The Bertz CT molecular complexity index is 653. The second kappa shape index (κ2) is 7.12. The summed E-state index contributed by atoms with van der Waals surface area (Å²) < 4.78 is 0. The zero-order chi connectivity index (χ0) is 16.2. The molecule has 8 heteroatoms. The zero-order valence-corrected chi connectivity index (χ0v) is 13.7. The van der Waals surface area contributed by atoms with Gasteiger partial charge in [-0.15, -0.1) is 11.3 Å². The van der Waals surface area contributed by atoms with Crippen molar-refractivity contribution in [2.24, 2.45) is 0 Å². The maximum absolute atomic E-state index is 12.6. The van der Waals surface area contributed by atoms with Gasteiger partial charge in [0.2, 0.25) is 0 Å². The number of carbonyl (C=O) groups is 1. The normalized spacial score (nSPS) is 17.2. The number of piperazine rings is 1. The van der Waals surface area contributed by atoms with Gasteiger partial charge < -0.3 is 10.0 Å². The molecule has 0 aromatic carbocycles. The molecule has 1 N–H and O–H groups in total. The zero-order valence-electron chi connectivity index (χ0n) is 12.9. The Morgan fingerprint density at radius 3 is 2.70 bits per heavy atom. The molecule has 122 valence electrons. The Labute approximate surface area is 138 Å². The van der Waals surface area contributed by atoms with Crippen molar-refractivity contribution in [1.29, 1.82) is 0 Å². The van der Waals surface area contributed by atoms with Crippen molar-refractivity contribution in [1.82, 2.24) is 24.8 Å². The van der Waals surface area contributed by atoms with E-state index in [4.69, 9.17) is 0 Å². The molecule has 1 aliphatic rings. The molecule has 3 rings (SSSR count). The van der Waals surface area contributed by atoms with E-state index < -0.39 is 0 Å². The molecule has 1 saturated heterocycles. The molecule has 23 heavy (non-hydrogen) atoms. The lowest BCUT2D eigenvalue weighted by molar-refractivity contribution is 0.0558. The third-order valence-corrected chi connectivity index (χ3v) is 4.69. The topological polar surface area (TPSA) is 82.5 Å². The van der Waals surface area contributed by atoms with Gasteiger partial charge in [-0.2, -0.15) is 0 Å². The fourth-order valence-electron chi connectivity index (χ4n) is 2.56. The first-order valence-corrected chi connectivity index (χ1v) is 8.37. The smallest absolute Gasteiger partial charge is 0.265 e. The fourth-order valence-corrected chi connectivity index (χ4v) is 3.41. The average molecular weight is 333 g/mol. The van der Waals surface area contributed by atoms with Crippen LogP contribution in [-0.4, -0.2) is 74.6 Å². The Morgan fingerprint density at radius 1 is 1.26 bits per heavy atom. The lowest BCUT2D eigenvalue weighted by Gasteiger charge is -2.34. The molecule has 0 saturated carbocycles. The van der Waals surface area contributed by atoms with Crippen LogP contribution in [0.1, 0.15) is 16.6 Å². The largest absolute Gasteiger partial charge is 0.392 e. The Balaban J connectivity index is 1.62. The quantitative estimate of drug-likeness (QED) is 0.889. The molecule has 0 aliphatic carbocycles. The van der Waals surface area contributed by atoms with Gasteiger partial charge in [-0.3, -0.25) is 19.7 Å². The van der Waals surface area contributed by atoms with Crippen LogP contribution in [0.5, 0.6) is 0 Å². The number of thiazole rings is 1. The van der Waals surface area contributed by atoms with Crippen molar-refractivity contribution in [3.8, 4) is 10.7 Å². The molecule has 2 aromatic heterocycles. The predicted molar refractivity (Wildman–Crippen MR) is 87.2 cm³/mol. The minimum Gasteiger partial charge on any atom is -0.392 e. The van der Waals surface area contributed by atoms with E-state index in [2.05, 4.69) is 19.9 Å². The average Bonchev–Trinajstić information content (AvgIpc) is 3.05. The number of rotatable bonds is 4. The molecule has 0 unspecified atom stereocenters. The number of aromatic nitrogens is 3. The van der Waals surface area contributed by atoms with Crippen molar-refractivity contribution in [3.05, 3.63) is 29.7 Å². The molecule has 3 heterocycles. The van der Waals surface area contributed by atoms with E-state index in [0.717, 1.165) is 13.1 Å². The van der Waals surface area contributed by atoms with Crippen LogP contribution in [0.2, 0.25) is 0 Å². The van der Waals surface area contributed by atoms with Gasteiger partial charge in [0, 0.05) is 45.1 Å². The van der Waals surface area contributed by atoms with E-state index in [9.17, 15) is 9.90 Å². The summed E-state index contributed by atoms with van der Waals surface area (Å²) in [5, 5.41) is 10.1. The van der Waals surface area contributed by atoms with Crippen LogP contribution in [0.25, 0.3) is 10.7 Å². The van der Waals surface area contributed by atoms with Crippen molar-refractivity contribution in [3.63, 3.8) is 0 Å². The highest BCUT2D eigenvalue weighted by Gasteiger charge is 2.24. The summed E-state index contributed by atoms with van der Waals surface area (Å²) in [6.45, 7) is 5.34. The molecule has 0 bridgehead atoms. The molecule has 1 aliphatic heterocycles. The van der Waals surface area contributed by atoms with E-state index in [1.54, 1.807) is 31.7 Å². The van der Waals surface area contributed by atoms with E-state index >= 15 is 0 Å². The minimum atomic E-state index is -0.340. The van der Waals surface area contributed by atoms with Crippen molar-refractivity contribution in [2.75, 3.05) is 32.7 Å². The van der Waals surface area contributed by atoms with Gasteiger partial charge in [-0.25, -0.2) is 4.98 Å². The van der Waals surface area contributed by atoms with Crippen LogP contribution in [0.15, 0.2) is 24.8 Å². The lowest BCUT2D eigenvalue weighted by atomic mass is 10.2. The van der Waals surface area contributed by atoms with Crippen molar-refractivity contribution in [2.45, 2.75) is 13.0 Å². The van der Waals surface area contributed by atoms with Gasteiger partial charge in [-0.1, -0.05) is 0 Å². The summed E-state index contributed by atoms with van der Waals surface area (Å²) in [6.07, 6.45) is 6.13. The SMILES string of the molecule is C[C@@H](O)CN1CCN(C(=O)c2cnc(-c3cnccn3)s2)CC1. The number of nitrogens with zero attached hydrogens (tertiary/aromatic N) is 5. The molecule has 1 fully saturated rings. The molecule has 1 atom stereocenters. The third-order valence-electron chi connectivity index (χ3n) is 3.68. The van der Waals surface area contributed by atoms with E-state index in [1.165, 1.54) is 11.3 Å². The third kappa shape index (κ3) is 3.90. The van der Waals surface area contributed by atoms with Crippen LogP contribution in [0, 0.1) is 0 Å². The summed E-state index contributed by atoms with van der Waals surface area (Å²) >= 11 is 1.34. The van der Waals surface area contributed by atoms with Crippen LogP contribution >= 0.6 is 11.3 Å². The molecule has 7 nitrogen and oxygen atoms in total. The van der Waals surface area contributed by atoms with Crippen LogP contribution in [-0.2, 0) is 0 Å². The van der Waals surface area contributed by atoms with Gasteiger partial charge >= 0.3 is 0 Å². The number of amides is 1. The summed E-state index contributed by atoms with van der Waals surface area (Å²) in [4.78, 5) is 29.7. The summed E-state index contributed by atoms with van der Waals surface area (Å²) in [7, 11) is 0. The molecule has 0 radical (unpaired) electrons. The van der Waals surface area contributed by atoms with Gasteiger partial charge in [0.25, 0.3) is 5.91 Å². The Kier molecular flexibility index (Phi) is 4.94. The maximum Gasteiger partial charge on any atom is 0.265 e. The highest BCUT2D eigenvalue weighted by molar-refractivity contribution is 7.16. The molecule has 2 aromatic rings. The number of hydrogen-bond donors (Lipinski definition) is 1. The maximum atomic E-state index is 12.6. The fraction of sp³-hybridized carbons (Fsp3) is 0.467. The van der Waals surface area contributed by atoms with Crippen LogP contribution < -0.4 is 0 Å². The van der Waals surface area contributed by atoms with Crippen LogP contribution in [0.3, 0.4) is 0 Å². The predicted octanol–water partition coefficient (Wildman–Crippen LogP) is 0.739. The Morgan fingerprint density at radius 2 is 2.04 bits per heavy atom. The standard InChI is InChI=1S/C15H19N5O2S/c1-11(21)10-19-4-6-20(7-5-19)15(22)13-9-18-14(23-13)12-8-16-2-3-17-12/h2-3,8-9,11,21H,4-7,10H2,1H3/t11-/m1/s1. The van der Waals surface area contributed by atoms with Gasteiger partial charge in [0.1, 0.15) is 15.6 Å². The highest BCUT2D eigenvalue weighted by atomic mass is 32.1. The number of β-amino-alcohol motifs (C(OH)–C–C–N with tert-alkyl or cyclic N) is 1. The van der Waals surface area contributed by atoms with E-state index in [-0.39, 0.29) is 12.0 Å². The lowest BCUT2D eigenvalue weighted by Crippen LogP contribution is -2.50. The molecule has 1 amide bonds. The number of carbonyl (C=O) groups excluding carboxylic acids is 1. The van der Waals surface area contributed by atoms with E-state index in [1.807, 2.05) is 4.90 Å². The molecule has 0 spiro atoms. The number of hydrogen-bond acceptors (Lipinski definition) is 7. The highest BCUT2D eigenvalue weighted by Crippen LogP contribution is 2.24. The summed E-state index contributed by atoms with van der Waals surface area (Å²) in [6, 6.07) is 0. The minimum absolute atomic E-state index is 0.00865. The van der Waals surface area contributed by atoms with E-state index in [0.29, 0.717) is 35.2 Å². The number of aliphatic hydroxyl groups is 1. The first kappa shape index (κ1) is 16.0. The first-order valence-electron chi connectivity index (χ1n) is 7.55. The summed E-state index contributed by atoms with van der Waals surface area (Å²) in [5.41, 5.74) is 0.679. The van der Waals surface area contributed by atoms with Gasteiger partial charge in [-0.05, 0) is 6.92 Å². The monoisotopic (exact) mass is 333 g/mol. The second-order valence-corrected chi connectivity index (χ2v) is 6.59.